The van der Waals surface area contributed by atoms with Crippen LogP contribution in [0.3, 0.4) is 0 Å². The molecule has 3 heterocycles. The molecule has 0 unspecified atom stereocenters. The summed E-state index contributed by atoms with van der Waals surface area (Å²) in [5.74, 6) is 0.106. The normalized spacial score (nSPS) is 10.1. The Morgan fingerprint density at radius 3 is 0.973 bits per heavy atom. The van der Waals surface area contributed by atoms with Crippen LogP contribution in [0.2, 0.25) is 0 Å². The Bertz CT molecular complexity index is 1470. The fourth-order valence-electron chi connectivity index (χ4n) is 3.66. The van der Waals surface area contributed by atoms with Crippen LogP contribution in [0.4, 0.5) is 0 Å². The van der Waals surface area contributed by atoms with Crippen LogP contribution in [0.1, 0.15) is 16.7 Å². The van der Waals surface area contributed by atoms with E-state index in [4.69, 9.17) is 0 Å². The molecule has 0 N–H and O–H groups in total. The third-order valence-corrected chi connectivity index (χ3v) is 5.78. The molecule has 6 aromatic rings. The van der Waals surface area contributed by atoms with Crippen LogP contribution in [0, 0.1) is 20.8 Å². The van der Waals surface area contributed by atoms with Crippen LogP contribution in [0.15, 0.2) is 91.4 Å². The van der Waals surface area contributed by atoms with E-state index in [1.165, 1.54) is 0 Å². The second-order valence-electron chi connectivity index (χ2n) is 8.36. The zero-order valence-electron chi connectivity index (χ0n) is 20.8. The van der Waals surface area contributed by atoms with Gasteiger partial charge in [-0.25, -0.2) is 0 Å². The second kappa shape index (κ2) is 12.2. The van der Waals surface area contributed by atoms with Crippen molar-refractivity contribution in [3.63, 3.8) is 0 Å². The fourth-order valence-corrected chi connectivity index (χ4v) is 3.66. The van der Waals surface area contributed by atoms with Gasteiger partial charge in [0, 0.05) is 18.6 Å². The first-order valence-electron chi connectivity index (χ1n) is 11.4. The van der Waals surface area contributed by atoms with Gasteiger partial charge in [-0.2, -0.15) is 0 Å². The van der Waals surface area contributed by atoms with Crippen molar-refractivity contribution in [3.8, 4) is 17.2 Å². The van der Waals surface area contributed by atoms with Crippen LogP contribution in [0.5, 0.6) is 17.2 Å². The Morgan fingerprint density at radius 2 is 0.703 bits per heavy atom. The van der Waals surface area contributed by atoms with Gasteiger partial charge in [0.2, 0.25) is 0 Å². The molecule has 0 bridgehead atoms. The van der Waals surface area contributed by atoms with Crippen LogP contribution >= 0.6 is 0 Å². The summed E-state index contributed by atoms with van der Waals surface area (Å²) in [5.41, 5.74) is 3.95. The Balaban J connectivity index is 0.000000152. The number of rotatable bonds is 0. The Morgan fingerprint density at radius 1 is 0.432 bits per heavy atom. The average Bonchev–Trinajstić information content (AvgIpc) is 2.92. The minimum Gasteiger partial charge on any atom is -0.871 e. The molecular formula is C30H24AlN3O3. The average molecular weight is 502 g/mol. The van der Waals surface area contributed by atoms with Crippen molar-refractivity contribution in [1.82, 2.24) is 15.0 Å². The number of nitrogens with zero attached hydrogens (tertiary/aromatic N) is 3. The van der Waals surface area contributed by atoms with E-state index in [9.17, 15) is 15.3 Å². The number of aryl methyl sites for hydroxylation is 3. The molecule has 0 amide bonds. The van der Waals surface area contributed by atoms with Crippen molar-refractivity contribution in [2.45, 2.75) is 20.8 Å². The summed E-state index contributed by atoms with van der Waals surface area (Å²) in [5, 5.41) is 37.1. The summed E-state index contributed by atoms with van der Waals surface area (Å²) >= 11 is 0. The molecule has 180 valence electrons. The van der Waals surface area contributed by atoms with Gasteiger partial charge in [-0.3, -0.25) is 15.0 Å². The van der Waals surface area contributed by atoms with Crippen LogP contribution in [-0.4, -0.2) is 32.3 Å². The van der Waals surface area contributed by atoms with E-state index in [-0.39, 0.29) is 34.6 Å². The van der Waals surface area contributed by atoms with Gasteiger partial charge in [-0.1, -0.05) is 88.5 Å². The molecule has 6 rings (SSSR count). The van der Waals surface area contributed by atoms with Gasteiger partial charge < -0.3 is 15.3 Å². The Kier molecular flexibility index (Phi) is 9.02. The number of hydrogen-bond acceptors (Lipinski definition) is 6. The van der Waals surface area contributed by atoms with Crippen molar-refractivity contribution in [3.05, 3.63) is 108 Å². The van der Waals surface area contributed by atoms with E-state index in [0.29, 0.717) is 16.6 Å². The maximum Gasteiger partial charge on any atom is 3.00 e. The predicted molar refractivity (Wildman–Crippen MR) is 144 cm³/mol. The fraction of sp³-hybridized carbons (Fsp3) is 0.100. The molecule has 0 radical (unpaired) electrons. The van der Waals surface area contributed by atoms with E-state index in [1.54, 1.807) is 39.4 Å². The van der Waals surface area contributed by atoms with E-state index in [2.05, 4.69) is 15.0 Å². The quantitative estimate of drug-likeness (QED) is 0.284. The van der Waals surface area contributed by atoms with Gasteiger partial charge in [0.25, 0.3) is 0 Å². The molecule has 37 heavy (non-hydrogen) atoms. The van der Waals surface area contributed by atoms with E-state index < -0.39 is 0 Å². The summed E-state index contributed by atoms with van der Waals surface area (Å²) in [7, 11) is 0. The first-order valence-corrected chi connectivity index (χ1v) is 11.4. The third-order valence-electron chi connectivity index (χ3n) is 5.78. The molecule has 0 spiro atoms. The second-order valence-corrected chi connectivity index (χ2v) is 8.36. The maximum absolute atomic E-state index is 11.5. The van der Waals surface area contributed by atoms with Crippen LogP contribution < -0.4 is 15.3 Å². The van der Waals surface area contributed by atoms with Gasteiger partial charge in [0.05, 0.1) is 16.6 Å². The molecular weight excluding hydrogens is 477 g/mol. The molecule has 0 aliphatic carbocycles. The van der Waals surface area contributed by atoms with Crippen LogP contribution in [0.25, 0.3) is 32.7 Å². The smallest absolute Gasteiger partial charge is 0.871 e. The zero-order valence-corrected chi connectivity index (χ0v) is 22.0. The minimum atomic E-state index is 0. The molecule has 0 aliphatic heterocycles. The van der Waals surface area contributed by atoms with E-state index in [0.717, 1.165) is 32.8 Å². The monoisotopic (exact) mass is 501 g/mol. The van der Waals surface area contributed by atoms with Gasteiger partial charge in [-0.15, -0.1) is 0 Å². The van der Waals surface area contributed by atoms with E-state index >= 15 is 0 Å². The molecule has 6 nitrogen and oxygen atoms in total. The topological polar surface area (TPSA) is 108 Å². The van der Waals surface area contributed by atoms with E-state index in [1.807, 2.05) is 72.8 Å². The number of pyridine rings is 3. The Hall–Kier alpha value is -4.18. The summed E-state index contributed by atoms with van der Waals surface area (Å²) in [6.45, 7) is 5.41. The van der Waals surface area contributed by atoms with Gasteiger partial charge in [0.15, 0.2) is 0 Å². The summed E-state index contributed by atoms with van der Waals surface area (Å²) in [6, 6.07) is 22.4. The van der Waals surface area contributed by atoms with Crippen molar-refractivity contribution >= 4 is 50.1 Å². The first kappa shape index (κ1) is 27.4. The minimum absolute atomic E-state index is 0. The Labute approximate surface area is 226 Å². The van der Waals surface area contributed by atoms with Gasteiger partial charge >= 0.3 is 17.4 Å². The number of aromatic nitrogens is 3. The number of benzene rings is 3. The molecule has 7 heteroatoms. The summed E-state index contributed by atoms with van der Waals surface area (Å²) < 4.78 is 0. The van der Waals surface area contributed by atoms with Crippen molar-refractivity contribution in [2.75, 3.05) is 0 Å². The molecule has 0 saturated carbocycles. The molecule has 3 aromatic heterocycles. The van der Waals surface area contributed by atoms with Gasteiger partial charge in [-0.05, 0) is 55.1 Å². The predicted octanol–water partition coefficient (Wildman–Crippen LogP) is 4.47. The third kappa shape index (κ3) is 6.15. The first-order chi connectivity index (χ1) is 17.4. The maximum atomic E-state index is 11.5. The standard InChI is InChI=1S/3C10H9NO.Al/c3*1-7-4-5-8-3-2-6-11-9(8)10(7)12;/h3*2-6,12H,1H3;/q;;;+3/p-3. The molecule has 0 saturated heterocycles. The van der Waals surface area contributed by atoms with Crippen LogP contribution in [-0.2, 0) is 0 Å². The summed E-state index contributed by atoms with van der Waals surface area (Å²) in [6.07, 6.45) is 4.93. The summed E-state index contributed by atoms with van der Waals surface area (Å²) in [4.78, 5) is 12.1. The number of fused-ring (bicyclic) bond motifs is 3. The molecule has 0 aliphatic rings. The van der Waals surface area contributed by atoms with Crippen molar-refractivity contribution < 1.29 is 15.3 Å². The molecule has 3 aromatic carbocycles. The van der Waals surface area contributed by atoms with Gasteiger partial charge in [0.1, 0.15) is 0 Å². The molecule has 0 fully saturated rings. The largest absolute Gasteiger partial charge is 3.00 e. The van der Waals surface area contributed by atoms with Crippen molar-refractivity contribution in [2.24, 2.45) is 0 Å². The number of hydrogen-bond donors (Lipinski definition) is 0. The van der Waals surface area contributed by atoms with Crippen molar-refractivity contribution in [1.29, 1.82) is 0 Å². The molecule has 0 atom stereocenters. The zero-order chi connectivity index (χ0) is 25.7. The SMILES string of the molecule is Cc1ccc2cccnc2c1[O-].Cc1ccc2cccnc2c1[O-].Cc1ccc2cccnc2c1[O-].[Al+3].